The Bertz CT molecular complexity index is 694. The van der Waals surface area contributed by atoms with Crippen LogP contribution in [0.15, 0.2) is 29.4 Å². The zero-order chi connectivity index (χ0) is 14.0. The number of rotatable bonds is 4. The standard InChI is InChI=1S/C11H14N4O3S/c1-15-11(13-7-14-15)6-19(16,17)10-5-8(18-2)3-4-9(10)12/h3-5,7H,6,12H2,1-2H3. The third-order valence-corrected chi connectivity index (χ3v) is 4.34. The second-order valence-corrected chi connectivity index (χ2v) is 5.92. The number of hydrogen-bond acceptors (Lipinski definition) is 6. The van der Waals surface area contributed by atoms with Gasteiger partial charge in [-0.25, -0.2) is 13.4 Å². The molecule has 19 heavy (non-hydrogen) atoms. The van der Waals surface area contributed by atoms with E-state index < -0.39 is 9.84 Å². The van der Waals surface area contributed by atoms with Crippen LogP contribution in [0.3, 0.4) is 0 Å². The van der Waals surface area contributed by atoms with Crippen molar-refractivity contribution in [3.05, 3.63) is 30.4 Å². The van der Waals surface area contributed by atoms with Crippen molar-refractivity contribution in [1.82, 2.24) is 14.8 Å². The Hall–Kier alpha value is -2.09. The highest BCUT2D eigenvalue weighted by atomic mass is 32.2. The molecule has 0 atom stereocenters. The summed E-state index contributed by atoms with van der Waals surface area (Å²) in [6.07, 6.45) is 1.31. The normalized spacial score (nSPS) is 11.5. The molecule has 0 aliphatic heterocycles. The maximum Gasteiger partial charge on any atom is 0.187 e. The zero-order valence-electron chi connectivity index (χ0n) is 10.6. The number of nitrogen functional groups attached to an aromatic ring is 1. The number of sulfone groups is 1. The minimum Gasteiger partial charge on any atom is -0.497 e. The Morgan fingerprint density at radius 3 is 2.74 bits per heavy atom. The predicted octanol–water partition coefficient (Wildman–Crippen LogP) is 0.380. The van der Waals surface area contributed by atoms with E-state index in [0.29, 0.717) is 11.6 Å². The minimum atomic E-state index is -3.60. The Morgan fingerprint density at radius 2 is 2.16 bits per heavy atom. The van der Waals surface area contributed by atoms with Gasteiger partial charge in [-0.1, -0.05) is 0 Å². The number of aromatic nitrogens is 3. The molecule has 2 aromatic rings. The molecule has 8 heteroatoms. The lowest BCUT2D eigenvalue weighted by atomic mass is 10.3. The third kappa shape index (κ3) is 2.68. The molecule has 1 heterocycles. The number of nitrogens with zero attached hydrogens (tertiary/aromatic N) is 3. The van der Waals surface area contributed by atoms with E-state index in [2.05, 4.69) is 10.1 Å². The van der Waals surface area contributed by atoms with Crippen molar-refractivity contribution in [3.8, 4) is 5.75 Å². The van der Waals surface area contributed by atoms with Gasteiger partial charge in [-0.3, -0.25) is 4.68 Å². The summed E-state index contributed by atoms with van der Waals surface area (Å²) in [5.74, 6) is 0.522. The largest absolute Gasteiger partial charge is 0.497 e. The number of ether oxygens (including phenoxy) is 1. The van der Waals surface area contributed by atoms with Crippen LogP contribution in [0.2, 0.25) is 0 Å². The Morgan fingerprint density at radius 1 is 1.42 bits per heavy atom. The van der Waals surface area contributed by atoms with Crippen LogP contribution in [0, 0.1) is 0 Å². The van der Waals surface area contributed by atoms with Crippen LogP contribution < -0.4 is 10.5 Å². The predicted molar refractivity (Wildman–Crippen MR) is 69.3 cm³/mol. The van der Waals surface area contributed by atoms with Gasteiger partial charge in [0.15, 0.2) is 9.84 Å². The van der Waals surface area contributed by atoms with E-state index in [9.17, 15) is 8.42 Å². The first-order chi connectivity index (χ1) is 8.94. The molecule has 0 aliphatic carbocycles. The fourth-order valence-corrected chi connectivity index (χ4v) is 3.09. The van der Waals surface area contributed by atoms with Crippen molar-refractivity contribution in [2.45, 2.75) is 10.6 Å². The van der Waals surface area contributed by atoms with Crippen LogP contribution in [0.4, 0.5) is 5.69 Å². The molecule has 0 amide bonds. The van der Waals surface area contributed by atoms with E-state index in [1.807, 2.05) is 0 Å². The Balaban J connectivity index is 2.42. The topological polar surface area (TPSA) is 100 Å². The molecular formula is C11H14N4O3S. The first kappa shape index (κ1) is 13.3. The molecule has 0 unspecified atom stereocenters. The Kier molecular flexibility index (Phi) is 3.43. The van der Waals surface area contributed by atoms with Crippen molar-refractivity contribution in [3.63, 3.8) is 0 Å². The van der Waals surface area contributed by atoms with Crippen molar-refractivity contribution in [2.75, 3.05) is 12.8 Å². The molecule has 102 valence electrons. The number of methoxy groups -OCH3 is 1. The number of aryl methyl sites for hydroxylation is 1. The lowest BCUT2D eigenvalue weighted by Gasteiger charge is -2.09. The van der Waals surface area contributed by atoms with Gasteiger partial charge >= 0.3 is 0 Å². The number of anilines is 1. The molecule has 0 saturated heterocycles. The highest BCUT2D eigenvalue weighted by molar-refractivity contribution is 7.90. The summed E-state index contributed by atoms with van der Waals surface area (Å²) in [6.45, 7) is 0. The summed E-state index contributed by atoms with van der Waals surface area (Å²) in [5.41, 5.74) is 5.90. The molecule has 2 N–H and O–H groups in total. The van der Waals surface area contributed by atoms with Gasteiger partial charge in [0.2, 0.25) is 0 Å². The monoisotopic (exact) mass is 282 g/mol. The summed E-state index contributed by atoms with van der Waals surface area (Å²) < 4.78 is 31.1. The van der Waals surface area contributed by atoms with E-state index in [0.717, 1.165) is 0 Å². The fraction of sp³-hybridized carbons (Fsp3) is 0.273. The highest BCUT2D eigenvalue weighted by Crippen LogP contribution is 2.26. The van der Waals surface area contributed by atoms with Crippen LogP contribution in [0.1, 0.15) is 5.82 Å². The van der Waals surface area contributed by atoms with Gasteiger partial charge < -0.3 is 10.5 Å². The summed E-state index contributed by atoms with van der Waals surface area (Å²) in [7, 11) is -0.503. The van der Waals surface area contributed by atoms with E-state index >= 15 is 0 Å². The second-order valence-electron chi connectivity index (χ2n) is 3.96. The quantitative estimate of drug-likeness (QED) is 0.814. The molecule has 0 spiro atoms. The number of benzene rings is 1. The second kappa shape index (κ2) is 4.88. The zero-order valence-corrected chi connectivity index (χ0v) is 11.4. The van der Waals surface area contributed by atoms with Gasteiger partial charge in [0, 0.05) is 13.1 Å². The summed E-state index contributed by atoms with van der Waals surface area (Å²) in [5, 5.41) is 3.84. The molecule has 0 saturated carbocycles. The van der Waals surface area contributed by atoms with Gasteiger partial charge in [-0.05, 0) is 12.1 Å². The first-order valence-electron chi connectivity index (χ1n) is 5.43. The lowest BCUT2D eigenvalue weighted by molar-refractivity contribution is 0.413. The van der Waals surface area contributed by atoms with Gasteiger partial charge in [0.25, 0.3) is 0 Å². The third-order valence-electron chi connectivity index (χ3n) is 2.68. The SMILES string of the molecule is COc1ccc(N)c(S(=O)(=O)Cc2ncnn2C)c1. The number of hydrogen-bond donors (Lipinski definition) is 1. The molecule has 0 fully saturated rings. The van der Waals surface area contributed by atoms with E-state index in [-0.39, 0.29) is 16.3 Å². The van der Waals surface area contributed by atoms with Crippen LogP contribution in [-0.2, 0) is 22.6 Å². The van der Waals surface area contributed by atoms with E-state index in [4.69, 9.17) is 10.5 Å². The Labute approximate surface area is 110 Å². The van der Waals surface area contributed by atoms with Gasteiger partial charge in [-0.15, -0.1) is 0 Å². The van der Waals surface area contributed by atoms with Crippen molar-refractivity contribution < 1.29 is 13.2 Å². The molecule has 0 aliphatic rings. The summed E-state index contributed by atoms with van der Waals surface area (Å²) in [4.78, 5) is 3.94. The fourth-order valence-electron chi connectivity index (χ4n) is 1.61. The number of nitrogens with two attached hydrogens (primary N) is 1. The maximum atomic E-state index is 12.3. The van der Waals surface area contributed by atoms with Crippen LogP contribution >= 0.6 is 0 Å². The van der Waals surface area contributed by atoms with Crippen LogP contribution in [0.5, 0.6) is 5.75 Å². The smallest absolute Gasteiger partial charge is 0.187 e. The molecule has 1 aromatic heterocycles. The molecule has 0 bridgehead atoms. The first-order valence-corrected chi connectivity index (χ1v) is 7.08. The van der Waals surface area contributed by atoms with Crippen molar-refractivity contribution in [2.24, 2.45) is 7.05 Å². The summed E-state index contributed by atoms with van der Waals surface area (Å²) >= 11 is 0. The van der Waals surface area contributed by atoms with Crippen molar-refractivity contribution >= 4 is 15.5 Å². The van der Waals surface area contributed by atoms with Crippen LogP contribution in [0.25, 0.3) is 0 Å². The molecule has 1 aromatic carbocycles. The average Bonchev–Trinajstić information content (AvgIpc) is 2.75. The maximum absolute atomic E-state index is 12.3. The highest BCUT2D eigenvalue weighted by Gasteiger charge is 2.21. The molecule has 0 radical (unpaired) electrons. The minimum absolute atomic E-state index is 0.0369. The van der Waals surface area contributed by atoms with E-state index in [1.165, 1.54) is 30.3 Å². The van der Waals surface area contributed by atoms with E-state index in [1.54, 1.807) is 13.1 Å². The lowest BCUT2D eigenvalue weighted by Crippen LogP contribution is -2.12. The molecular weight excluding hydrogens is 268 g/mol. The van der Waals surface area contributed by atoms with Gasteiger partial charge in [0.05, 0.1) is 17.7 Å². The molecule has 2 rings (SSSR count). The van der Waals surface area contributed by atoms with Gasteiger partial charge in [-0.2, -0.15) is 5.10 Å². The van der Waals surface area contributed by atoms with Crippen molar-refractivity contribution in [1.29, 1.82) is 0 Å². The molecule has 7 nitrogen and oxygen atoms in total. The van der Waals surface area contributed by atoms with Gasteiger partial charge in [0.1, 0.15) is 23.7 Å². The average molecular weight is 282 g/mol. The van der Waals surface area contributed by atoms with Crippen LogP contribution in [-0.4, -0.2) is 30.3 Å². The summed E-state index contributed by atoms with van der Waals surface area (Å²) in [6, 6.07) is 4.51.